The molecular weight excluding hydrogens is 238 g/mol. The first-order chi connectivity index (χ1) is 7.63. The van der Waals surface area contributed by atoms with E-state index in [0.29, 0.717) is 11.3 Å². The van der Waals surface area contributed by atoms with E-state index in [0.717, 1.165) is 0 Å². The van der Waals surface area contributed by atoms with Crippen LogP contribution >= 0.6 is 11.6 Å². The maximum absolute atomic E-state index is 12.7. The normalized spacial score (nSPS) is 10.2. The summed E-state index contributed by atoms with van der Waals surface area (Å²) in [5.41, 5.74) is 0.222. The molecule has 0 atom stereocenters. The second-order valence-corrected chi connectivity index (χ2v) is 3.23. The van der Waals surface area contributed by atoms with E-state index in [1.807, 2.05) is 6.07 Å². The average molecular weight is 247 g/mol. The van der Waals surface area contributed by atoms with Crippen LogP contribution in [0.15, 0.2) is 6.07 Å². The van der Waals surface area contributed by atoms with Crippen LogP contribution in [-0.2, 0) is 12.3 Å². The molecule has 1 heterocycles. The van der Waals surface area contributed by atoms with Crippen LogP contribution in [0.3, 0.4) is 0 Å². The third-order valence-electron chi connectivity index (χ3n) is 1.95. The van der Waals surface area contributed by atoms with Gasteiger partial charge in [0, 0.05) is 5.56 Å². The van der Waals surface area contributed by atoms with Gasteiger partial charge < -0.3 is 4.74 Å². The summed E-state index contributed by atoms with van der Waals surface area (Å²) in [6, 6.07) is 3.38. The lowest BCUT2D eigenvalue weighted by atomic mass is 10.1. The largest absolute Gasteiger partial charge is 0.494 e. The van der Waals surface area contributed by atoms with E-state index in [-0.39, 0.29) is 18.1 Å². The van der Waals surface area contributed by atoms with Crippen molar-refractivity contribution >= 4 is 11.6 Å². The molecule has 1 aromatic rings. The molecule has 0 aliphatic heterocycles. The number of hydrogen-bond donors (Lipinski definition) is 0. The Kier molecular flexibility index (Phi) is 4.44. The summed E-state index contributed by atoms with van der Waals surface area (Å²) in [6.07, 6.45) is -2.77. The third-order valence-corrected chi connectivity index (χ3v) is 2.22. The molecule has 0 aromatic carbocycles. The highest BCUT2D eigenvalue weighted by atomic mass is 35.5. The lowest BCUT2D eigenvalue weighted by Gasteiger charge is -2.12. The van der Waals surface area contributed by atoms with Crippen LogP contribution in [0.5, 0.6) is 5.75 Å². The van der Waals surface area contributed by atoms with Crippen molar-refractivity contribution in [3.8, 4) is 11.8 Å². The molecule has 0 saturated carbocycles. The third kappa shape index (κ3) is 2.58. The molecule has 0 N–H and O–H groups in total. The lowest BCUT2D eigenvalue weighted by Crippen LogP contribution is -2.03. The topological polar surface area (TPSA) is 45.9 Å². The number of alkyl halides is 3. The molecule has 86 valence electrons. The van der Waals surface area contributed by atoms with Crippen molar-refractivity contribution in [2.45, 2.75) is 18.7 Å². The first kappa shape index (κ1) is 12.7. The van der Waals surface area contributed by atoms with Gasteiger partial charge >= 0.3 is 0 Å². The second-order valence-electron chi connectivity index (χ2n) is 2.96. The van der Waals surface area contributed by atoms with E-state index in [1.165, 1.54) is 13.2 Å². The van der Waals surface area contributed by atoms with Gasteiger partial charge in [-0.3, -0.25) is 0 Å². The van der Waals surface area contributed by atoms with Crippen LogP contribution in [0, 0.1) is 11.3 Å². The quantitative estimate of drug-likeness (QED) is 0.768. The summed E-state index contributed by atoms with van der Waals surface area (Å²) in [6.45, 7) is 0. The van der Waals surface area contributed by atoms with Gasteiger partial charge in [-0.15, -0.1) is 11.6 Å². The van der Waals surface area contributed by atoms with E-state index in [1.54, 1.807) is 0 Å². The summed E-state index contributed by atoms with van der Waals surface area (Å²) in [7, 11) is 1.27. The van der Waals surface area contributed by atoms with Gasteiger partial charge in [-0.05, 0) is 6.07 Å². The molecule has 0 aliphatic carbocycles. The predicted octanol–water partition coefficient (Wildman–Crippen LogP) is 2.83. The number of halogens is 3. The van der Waals surface area contributed by atoms with Crippen LogP contribution < -0.4 is 4.74 Å². The number of nitrogens with zero attached hydrogens (tertiary/aromatic N) is 2. The lowest BCUT2D eigenvalue weighted by molar-refractivity contribution is 0.141. The van der Waals surface area contributed by atoms with Gasteiger partial charge in [0.05, 0.1) is 31.2 Å². The molecule has 0 radical (unpaired) electrons. The highest BCUT2D eigenvalue weighted by molar-refractivity contribution is 6.16. The van der Waals surface area contributed by atoms with E-state index >= 15 is 0 Å². The summed E-state index contributed by atoms with van der Waals surface area (Å²) in [5.74, 6) is -0.0206. The zero-order valence-corrected chi connectivity index (χ0v) is 9.26. The van der Waals surface area contributed by atoms with E-state index < -0.39 is 12.1 Å². The number of nitriles is 1. The smallest absolute Gasteiger partial charge is 0.284 e. The van der Waals surface area contributed by atoms with E-state index in [9.17, 15) is 8.78 Å². The maximum Gasteiger partial charge on any atom is 0.284 e. The fraction of sp³-hybridized carbons (Fsp3) is 0.400. The van der Waals surface area contributed by atoms with Crippen molar-refractivity contribution in [2.75, 3.05) is 7.11 Å². The number of rotatable bonds is 4. The molecular formula is C10H9ClF2N2O. The molecule has 0 aliphatic rings. The number of methoxy groups -OCH3 is 1. The van der Waals surface area contributed by atoms with Crippen molar-refractivity contribution in [2.24, 2.45) is 0 Å². The molecule has 0 fully saturated rings. The molecule has 6 heteroatoms. The van der Waals surface area contributed by atoms with E-state index in [2.05, 4.69) is 4.98 Å². The summed E-state index contributed by atoms with van der Waals surface area (Å²) < 4.78 is 30.2. The van der Waals surface area contributed by atoms with Gasteiger partial charge in [0.1, 0.15) is 5.69 Å². The molecule has 0 bridgehead atoms. The summed E-state index contributed by atoms with van der Waals surface area (Å²) in [4.78, 5) is 3.69. The number of aromatic nitrogens is 1. The number of pyridine rings is 1. The summed E-state index contributed by atoms with van der Waals surface area (Å²) >= 11 is 5.54. The van der Waals surface area contributed by atoms with Crippen LogP contribution in [0.1, 0.15) is 23.4 Å². The van der Waals surface area contributed by atoms with Crippen LogP contribution in [0.25, 0.3) is 0 Å². The Bertz CT molecular complexity index is 418. The van der Waals surface area contributed by atoms with Crippen LogP contribution in [0.4, 0.5) is 8.78 Å². The zero-order valence-electron chi connectivity index (χ0n) is 8.51. The van der Waals surface area contributed by atoms with Gasteiger partial charge in [-0.25, -0.2) is 13.8 Å². The Morgan fingerprint density at radius 2 is 2.31 bits per heavy atom. The number of ether oxygens (including phenoxy) is 1. The van der Waals surface area contributed by atoms with Crippen LogP contribution in [-0.4, -0.2) is 12.1 Å². The standard InChI is InChI=1S/C10H9ClF2N2O/c1-16-9-6(2-3-14)4-7(5-11)15-8(9)10(12)13/h4,10H,2,5H2,1H3. The molecule has 3 nitrogen and oxygen atoms in total. The monoisotopic (exact) mass is 246 g/mol. The summed E-state index contributed by atoms with van der Waals surface area (Å²) in [5, 5.41) is 8.59. The van der Waals surface area contributed by atoms with E-state index in [4.69, 9.17) is 21.6 Å². The van der Waals surface area contributed by atoms with Crippen LogP contribution in [0.2, 0.25) is 0 Å². The number of hydrogen-bond acceptors (Lipinski definition) is 3. The molecule has 1 aromatic heterocycles. The highest BCUT2D eigenvalue weighted by Crippen LogP contribution is 2.31. The fourth-order valence-electron chi connectivity index (χ4n) is 1.34. The Morgan fingerprint density at radius 3 is 2.75 bits per heavy atom. The second kappa shape index (κ2) is 5.61. The van der Waals surface area contributed by atoms with Gasteiger partial charge in [-0.2, -0.15) is 5.26 Å². The van der Waals surface area contributed by atoms with Crippen molar-refractivity contribution in [3.05, 3.63) is 23.0 Å². The zero-order chi connectivity index (χ0) is 12.1. The van der Waals surface area contributed by atoms with Gasteiger partial charge in [0.15, 0.2) is 5.75 Å². The van der Waals surface area contributed by atoms with Gasteiger partial charge in [-0.1, -0.05) is 0 Å². The maximum atomic E-state index is 12.7. The van der Waals surface area contributed by atoms with Gasteiger partial charge in [0.2, 0.25) is 0 Å². The Balaban J connectivity index is 3.35. The van der Waals surface area contributed by atoms with Gasteiger partial charge in [0.25, 0.3) is 6.43 Å². The first-order valence-electron chi connectivity index (χ1n) is 4.41. The average Bonchev–Trinajstić information content (AvgIpc) is 2.28. The fourth-order valence-corrected chi connectivity index (χ4v) is 1.47. The molecule has 0 amide bonds. The molecule has 0 saturated heterocycles. The Hall–Kier alpha value is -1.41. The molecule has 1 rings (SSSR count). The molecule has 16 heavy (non-hydrogen) atoms. The minimum Gasteiger partial charge on any atom is -0.494 e. The first-order valence-corrected chi connectivity index (χ1v) is 4.95. The van der Waals surface area contributed by atoms with Crippen molar-refractivity contribution in [1.82, 2.24) is 4.98 Å². The highest BCUT2D eigenvalue weighted by Gasteiger charge is 2.20. The Morgan fingerprint density at radius 1 is 1.62 bits per heavy atom. The molecule has 0 unspecified atom stereocenters. The van der Waals surface area contributed by atoms with Crippen molar-refractivity contribution < 1.29 is 13.5 Å². The Labute approximate surface area is 96.6 Å². The van der Waals surface area contributed by atoms with Crippen molar-refractivity contribution in [3.63, 3.8) is 0 Å². The minimum absolute atomic E-state index is 0.0160. The minimum atomic E-state index is -2.75. The predicted molar refractivity (Wildman–Crippen MR) is 54.6 cm³/mol. The molecule has 0 spiro atoms. The SMILES string of the molecule is COc1c(CC#N)cc(CCl)nc1C(F)F. The van der Waals surface area contributed by atoms with Crippen molar-refractivity contribution in [1.29, 1.82) is 5.26 Å².